The summed E-state index contributed by atoms with van der Waals surface area (Å²) in [5.41, 5.74) is 1.10. The topological polar surface area (TPSA) is 46.2 Å². The van der Waals surface area contributed by atoms with Crippen LogP contribution in [0.5, 0.6) is 0 Å². The van der Waals surface area contributed by atoms with Gasteiger partial charge >= 0.3 is 0 Å². The highest BCUT2D eigenvalue weighted by molar-refractivity contribution is 6.36. The van der Waals surface area contributed by atoms with Crippen LogP contribution in [0, 0.1) is 17.5 Å². The summed E-state index contributed by atoms with van der Waals surface area (Å²) in [6.45, 7) is 1.17. The lowest BCUT2D eigenvalue weighted by Crippen LogP contribution is -2.24. The van der Waals surface area contributed by atoms with Gasteiger partial charge in [-0.2, -0.15) is 0 Å². The second kappa shape index (κ2) is 6.19. The summed E-state index contributed by atoms with van der Waals surface area (Å²) in [7, 11) is 0. The van der Waals surface area contributed by atoms with Crippen LogP contribution in [0.3, 0.4) is 0 Å². The van der Waals surface area contributed by atoms with Crippen LogP contribution in [0.2, 0.25) is 0 Å². The first-order valence-corrected chi connectivity index (χ1v) is 7.85. The van der Waals surface area contributed by atoms with Gasteiger partial charge in [0.25, 0.3) is 5.91 Å². The predicted molar refractivity (Wildman–Crippen MR) is 85.8 cm³/mol. The first kappa shape index (κ1) is 17.5. The maximum atomic E-state index is 13.6. The number of amides is 1. The molecule has 3 rings (SSSR count). The molecule has 0 fully saturated rings. The average molecular weight is 368 g/mol. The Morgan fingerprint density at radius 2 is 1.84 bits per heavy atom. The van der Waals surface area contributed by atoms with Gasteiger partial charge in [-0.15, -0.1) is 11.6 Å². The van der Waals surface area contributed by atoms with Crippen LogP contribution < -0.4 is 5.32 Å². The number of carbonyl (C=O) groups excluding carboxylic acids is 2. The van der Waals surface area contributed by atoms with E-state index < -0.39 is 40.3 Å². The number of rotatable bonds is 3. The Bertz CT molecular complexity index is 873. The van der Waals surface area contributed by atoms with Crippen molar-refractivity contribution in [1.82, 2.24) is 5.32 Å². The van der Waals surface area contributed by atoms with Gasteiger partial charge in [0.15, 0.2) is 5.78 Å². The fraction of sp³-hybridized carbons (Fsp3) is 0.222. The highest BCUT2D eigenvalue weighted by atomic mass is 35.5. The van der Waals surface area contributed by atoms with Crippen molar-refractivity contribution in [2.24, 2.45) is 0 Å². The van der Waals surface area contributed by atoms with Gasteiger partial charge in [0.2, 0.25) is 0 Å². The van der Waals surface area contributed by atoms with Gasteiger partial charge in [0.1, 0.15) is 22.3 Å². The van der Waals surface area contributed by atoms with Crippen molar-refractivity contribution >= 4 is 23.3 Å². The number of fused-ring (bicyclic) bond motifs is 1. The number of hydrogen-bond acceptors (Lipinski definition) is 2. The van der Waals surface area contributed by atoms with Crippen molar-refractivity contribution in [2.45, 2.75) is 24.8 Å². The highest BCUT2D eigenvalue weighted by Gasteiger charge is 2.40. The molecule has 7 heteroatoms. The number of nitrogens with one attached hydrogen (secondary N) is 1. The van der Waals surface area contributed by atoms with Gasteiger partial charge < -0.3 is 5.32 Å². The normalized spacial score (nSPS) is 19.0. The molecule has 0 bridgehead atoms. The number of benzene rings is 2. The van der Waals surface area contributed by atoms with Crippen molar-refractivity contribution in [3.8, 4) is 0 Å². The average Bonchev–Trinajstić information content (AvgIpc) is 2.75. The smallest absolute Gasteiger partial charge is 0.251 e. The van der Waals surface area contributed by atoms with Gasteiger partial charge in [-0.25, -0.2) is 13.2 Å². The summed E-state index contributed by atoms with van der Waals surface area (Å²) in [5.74, 6) is -3.90. The standard InChI is InChI=1S/C18H13ClF3NO2/c1-18(19)13-3-2-9(4-10(13)5-16(18)24)17(25)23-8-12-14(21)6-11(20)7-15(12)22/h2-4,6-7H,5,8H2,1H3,(H,23,25). The van der Waals surface area contributed by atoms with Crippen molar-refractivity contribution in [3.63, 3.8) is 0 Å². The summed E-state index contributed by atoms with van der Waals surface area (Å²) >= 11 is 6.21. The Kier molecular flexibility index (Phi) is 4.33. The van der Waals surface area contributed by atoms with Crippen LogP contribution in [-0.4, -0.2) is 11.7 Å². The molecule has 1 aliphatic carbocycles. The Morgan fingerprint density at radius 1 is 1.20 bits per heavy atom. The zero-order valence-corrected chi connectivity index (χ0v) is 13.9. The van der Waals surface area contributed by atoms with E-state index in [1.165, 1.54) is 12.1 Å². The SMILES string of the molecule is CC1(Cl)C(=O)Cc2cc(C(=O)NCc3c(F)cc(F)cc3F)ccc21. The number of hydrogen-bond donors (Lipinski definition) is 1. The van der Waals surface area contributed by atoms with E-state index in [-0.39, 0.29) is 17.8 Å². The monoisotopic (exact) mass is 367 g/mol. The van der Waals surface area contributed by atoms with Crippen molar-refractivity contribution < 1.29 is 22.8 Å². The van der Waals surface area contributed by atoms with Crippen LogP contribution in [0.4, 0.5) is 13.2 Å². The third kappa shape index (κ3) is 3.14. The molecule has 1 unspecified atom stereocenters. The molecule has 130 valence electrons. The Balaban J connectivity index is 1.78. The lowest BCUT2D eigenvalue weighted by molar-refractivity contribution is -0.119. The van der Waals surface area contributed by atoms with Crippen LogP contribution in [-0.2, 0) is 22.6 Å². The van der Waals surface area contributed by atoms with E-state index in [2.05, 4.69) is 5.32 Å². The number of ketones is 1. The second-order valence-corrected chi connectivity index (χ2v) is 6.76. The zero-order valence-electron chi connectivity index (χ0n) is 13.1. The van der Waals surface area contributed by atoms with Crippen LogP contribution in [0.25, 0.3) is 0 Å². The number of Topliss-reactive ketones (excluding diaryl/α,β-unsaturated/α-hetero) is 1. The van der Waals surface area contributed by atoms with E-state index in [1.54, 1.807) is 13.0 Å². The van der Waals surface area contributed by atoms with E-state index in [9.17, 15) is 22.8 Å². The van der Waals surface area contributed by atoms with E-state index in [1.807, 2.05) is 0 Å². The molecule has 0 aromatic heterocycles. The van der Waals surface area contributed by atoms with Gasteiger partial charge in [-0.05, 0) is 30.2 Å². The highest BCUT2D eigenvalue weighted by Crippen LogP contribution is 2.39. The van der Waals surface area contributed by atoms with Crippen molar-refractivity contribution in [1.29, 1.82) is 0 Å². The summed E-state index contributed by atoms with van der Waals surface area (Å²) in [6, 6.07) is 5.72. The summed E-state index contributed by atoms with van der Waals surface area (Å²) < 4.78 is 40.1. The van der Waals surface area contributed by atoms with Crippen molar-refractivity contribution in [3.05, 3.63) is 70.0 Å². The minimum Gasteiger partial charge on any atom is -0.348 e. The third-order valence-electron chi connectivity index (χ3n) is 4.28. The molecule has 3 nitrogen and oxygen atoms in total. The minimum absolute atomic E-state index is 0.123. The molecule has 1 amide bonds. The van der Waals surface area contributed by atoms with Crippen LogP contribution in [0.15, 0.2) is 30.3 Å². The zero-order chi connectivity index (χ0) is 18.4. The largest absolute Gasteiger partial charge is 0.348 e. The maximum Gasteiger partial charge on any atom is 0.251 e. The van der Waals surface area contributed by atoms with E-state index in [0.717, 1.165) is 0 Å². The molecule has 25 heavy (non-hydrogen) atoms. The van der Waals surface area contributed by atoms with Crippen molar-refractivity contribution in [2.75, 3.05) is 0 Å². The molecule has 1 aliphatic rings. The molecular formula is C18H13ClF3NO2. The van der Waals surface area contributed by atoms with Gasteiger partial charge in [0, 0.05) is 36.2 Å². The quantitative estimate of drug-likeness (QED) is 0.842. The first-order chi connectivity index (χ1) is 11.7. The lowest BCUT2D eigenvalue weighted by Gasteiger charge is -2.14. The molecule has 0 saturated carbocycles. The first-order valence-electron chi connectivity index (χ1n) is 7.47. The Morgan fingerprint density at radius 3 is 2.48 bits per heavy atom. The second-order valence-electron chi connectivity index (χ2n) is 6.01. The molecule has 2 aromatic rings. The molecule has 0 heterocycles. The van der Waals surface area contributed by atoms with E-state index >= 15 is 0 Å². The molecule has 0 radical (unpaired) electrons. The molecule has 1 N–H and O–H groups in total. The summed E-state index contributed by atoms with van der Waals surface area (Å²) in [4.78, 5) is 23.0. The fourth-order valence-electron chi connectivity index (χ4n) is 2.84. The number of halogens is 4. The summed E-state index contributed by atoms with van der Waals surface area (Å²) in [6.07, 6.45) is 0.123. The number of carbonyl (C=O) groups is 2. The van der Waals surface area contributed by atoms with E-state index in [4.69, 9.17) is 11.6 Å². The molecular weight excluding hydrogens is 355 g/mol. The fourth-order valence-corrected chi connectivity index (χ4v) is 3.09. The molecule has 0 spiro atoms. The molecule has 2 aromatic carbocycles. The Labute approximate surface area is 146 Å². The number of alkyl halides is 1. The maximum absolute atomic E-state index is 13.6. The molecule has 0 saturated heterocycles. The van der Waals surface area contributed by atoms with Gasteiger partial charge in [-0.3, -0.25) is 9.59 Å². The predicted octanol–water partition coefficient (Wildman–Crippen LogP) is 3.61. The van der Waals surface area contributed by atoms with Gasteiger partial charge in [0.05, 0.1) is 0 Å². The lowest BCUT2D eigenvalue weighted by atomic mass is 10.00. The van der Waals surface area contributed by atoms with Crippen LogP contribution >= 0.6 is 11.6 Å². The van der Waals surface area contributed by atoms with E-state index in [0.29, 0.717) is 23.3 Å². The Hall–Kier alpha value is -2.34. The molecule has 0 aliphatic heterocycles. The minimum atomic E-state index is -1.11. The molecule has 1 atom stereocenters. The third-order valence-corrected chi connectivity index (χ3v) is 4.69. The van der Waals surface area contributed by atoms with Crippen LogP contribution in [0.1, 0.15) is 34.0 Å². The summed E-state index contributed by atoms with van der Waals surface area (Å²) in [5, 5.41) is 2.38. The van der Waals surface area contributed by atoms with Gasteiger partial charge in [-0.1, -0.05) is 6.07 Å².